The Kier molecular flexibility index (Phi) is 7.37. The minimum atomic E-state index is -0.0283. The van der Waals surface area contributed by atoms with Crippen molar-refractivity contribution in [3.8, 4) is 22.6 Å². The Balaban J connectivity index is 1.49. The maximum absolute atomic E-state index is 12.5. The highest BCUT2D eigenvalue weighted by Gasteiger charge is 2.15. The Labute approximate surface area is 203 Å². The molecule has 0 saturated carbocycles. The first kappa shape index (κ1) is 23.6. The van der Waals surface area contributed by atoms with Crippen LogP contribution in [0.25, 0.3) is 16.8 Å². The molecule has 1 N–H and O–H groups in total. The number of methoxy groups -OCH3 is 2. The normalized spacial score (nSPS) is 10.9. The highest BCUT2D eigenvalue weighted by molar-refractivity contribution is 7.99. The summed E-state index contributed by atoms with van der Waals surface area (Å²) in [6.45, 7) is 4.58. The van der Waals surface area contributed by atoms with Crippen LogP contribution in [0.1, 0.15) is 23.7 Å². The van der Waals surface area contributed by atoms with Crippen LogP contribution in [0.3, 0.4) is 0 Å². The Hall–Kier alpha value is -3.52. The van der Waals surface area contributed by atoms with Gasteiger partial charge < -0.3 is 14.8 Å². The summed E-state index contributed by atoms with van der Waals surface area (Å²) in [5.74, 6) is 1.56. The molecule has 0 radical (unpaired) electrons. The number of nitrogens with zero attached hydrogens (tertiary/aromatic N) is 3. The average molecular weight is 477 g/mol. The van der Waals surface area contributed by atoms with Crippen molar-refractivity contribution in [1.29, 1.82) is 0 Å². The van der Waals surface area contributed by atoms with E-state index in [1.54, 1.807) is 24.9 Å². The van der Waals surface area contributed by atoms with Gasteiger partial charge in [0, 0.05) is 17.8 Å². The molecule has 2 aromatic carbocycles. The molecule has 0 aliphatic rings. The molecule has 176 valence electrons. The molecular weight excluding hydrogens is 448 g/mol. The zero-order chi connectivity index (χ0) is 24.1. The smallest absolute Gasteiger partial charge is 0.230 e. The second kappa shape index (κ2) is 10.6. The van der Waals surface area contributed by atoms with Gasteiger partial charge in [-0.3, -0.25) is 4.79 Å². The molecule has 0 aliphatic carbocycles. The average Bonchev–Trinajstić information content (AvgIpc) is 3.29. The minimum Gasteiger partial charge on any atom is -0.493 e. The van der Waals surface area contributed by atoms with Gasteiger partial charge in [-0.1, -0.05) is 49.0 Å². The molecule has 0 unspecified atom stereocenters. The molecule has 4 rings (SSSR count). The van der Waals surface area contributed by atoms with Crippen LogP contribution in [0.15, 0.2) is 59.8 Å². The topological polar surface area (TPSA) is 77.8 Å². The number of carbonyl (C=O) groups excluding carboxylic acids is 1. The van der Waals surface area contributed by atoms with E-state index in [0.29, 0.717) is 18.0 Å². The molecule has 0 spiro atoms. The lowest BCUT2D eigenvalue weighted by Crippen LogP contribution is -2.24. The van der Waals surface area contributed by atoms with Crippen LogP contribution in [0, 0.1) is 6.92 Å². The lowest BCUT2D eigenvalue weighted by molar-refractivity contribution is -0.118. The predicted octanol–water partition coefficient (Wildman–Crippen LogP) is 4.69. The molecule has 0 aliphatic heterocycles. The highest BCUT2D eigenvalue weighted by atomic mass is 32.2. The van der Waals surface area contributed by atoms with E-state index in [4.69, 9.17) is 14.5 Å². The van der Waals surface area contributed by atoms with Crippen LogP contribution in [-0.4, -0.2) is 40.5 Å². The molecule has 0 fully saturated rings. The maximum atomic E-state index is 12.5. The summed E-state index contributed by atoms with van der Waals surface area (Å²) in [6.07, 6.45) is 2.79. The van der Waals surface area contributed by atoms with E-state index in [-0.39, 0.29) is 11.7 Å². The van der Waals surface area contributed by atoms with Gasteiger partial charge in [0.15, 0.2) is 17.1 Å². The van der Waals surface area contributed by atoms with E-state index in [0.717, 1.165) is 39.5 Å². The molecule has 0 bridgehead atoms. The van der Waals surface area contributed by atoms with E-state index < -0.39 is 0 Å². The second-order valence-electron chi connectivity index (χ2n) is 7.83. The fraction of sp³-hybridized carbons (Fsp3) is 0.269. The van der Waals surface area contributed by atoms with Crippen LogP contribution in [0.2, 0.25) is 0 Å². The number of benzene rings is 2. The number of aromatic nitrogens is 3. The van der Waals surface area contributed by atoms with E-state index in [9.17, 15) is 4.79 Å². The summed E-state index contributed by atoms with van der Waals surface area (Å²) in [7, 11) is 3.22. The molecule has 0 saturated heterocycles. The van der Waals surface area contributed by atoms with Gasteiger partial charge in [0.25, 0.3) is 0 Å². The molecule has 4 aromatic rings. The Morgan fingerprint density at radius 2 is 1.76 bits per heavy atom. The molecule has 2 aromatic heterocycles. The molecule has 8 heteroatoms. The van der Waals surface area contributed by atoms with Crippen molar-refractivity contribution >= 4 is 23.3 Å². The fourth-order valence-electron chi connectivity index (χ4n) is 3.64. The Morgan fingerprint density at radius 1 is 1.03 bits per heavy atom. The van der Waals surface area contributed by atoms with Crippen molar-refractivity contribution in [3.63, 3.8) is 0 Å². The van der Waals surface area contributed by atoms with Gasteiger partial charge >= 0.3 is 0 Å². The van der Waals surface area contributed by atoms with E-state index in [2.05, 4.69) is 41.6 Å². The van der Waals surface area contributed by atoms with E-state index >= 15 is 0 Å². The van der Waals surface area contributed by atoms with Gasteiger partial charge in [-0.2, -0.15) is 5.10 Å². The van der Waals surface area contributed by atoms with Crippen molar-refractivity contribution < 1.29 is 14.3 Å². The lowest BCUT2D eigenvalue weighted by Gasteiger charge is -2.10. The number of thioether (sulfide) groups is 1. The largest absolute Gasteiger partial charge is 0.493 e. The third-order valence-corrected chi connectivity index (χ3v) is 6.53. The number of rotatable bonds is 9. The van der Waals surface area contributed by atoms with Gasteiger partial charge in [0.2, 0.25) is 5.91 Å². The van der Waals surface area contributed by atoms with Crippen molar-refractivity contribution in [1.82, 2.24) is 19.9 Å². The number of fused-ring (bicyclic) bond motifs is 1. The fourth-order valence-corrected chi connectivity index (χ4v) is 4.54. The number of hydrogen-bond acceptors (Lipinski definition) is 6. The number of aryl methyl sites for hydroxylation is 2. The van der Waals surface area contributed by atoms with Crippen molar-refractivity contribution in [2.75, 3.05) is 20.0 Å². The highest BCUT2D eigenvalue weighted by Crippen LogP contribution is 2.34. The second-order valence-corrected chi connectivity index (χ2v) is 8.83. The van der Waals surface area contributed by atoms with Crippen LogP contribution < -0.4 is 14.8 Å². The lowest BCUT2D eigenvalue weighted by atomic mass is 10.1. The maximum Gasteiger partial charge on any atom is 0.230 e. The molecule has 0 atom stereocenters. The van der Waals surface area contributed by atoms with Crippen LogP contribution in [-0.2, 0) is 17.8 Å². The van der Waals surface area contributed by atoms with Gasteiger partial charge in [-0.05, 0) is 48.2 Å². The Bertz CT molecular complexity index is 1300. The van der Waals surface area contributed by atoms with Crippen LogP contribution >= 0.6 is 11.8 Å². The summed E-state index contributed by atoms with van der Waals surface area (Å²) >= 11 is 1.44. The molecule has 2 heterocycles. The first-order valence-electron chi connectivity index (χ1n) is 11.1. The number of amides is 1. The zero-order valence-corrected chi connectivity index (χ0v) is 20.6. The third kappa shape index (κ3) is 5.17. The van der Waals surface area contributed by atoms with Gasteiger partial charge in [-0.15, -0.1) is 0 Å². The van der Waals surface area contributed by atoms with Crippen molar-refractivity contribution in [2.45, 2.75) is 31.8 Å². The zero-order valence-electron chi connectivity index (χ0n) is 19.8. The molecule has 1 amide bonds. The SMILES string of the molecule is CCc1ccc(CNC(=O)CSc2cc(C)nc3c(-c4ccc(OC)c(OC)c4)cnn23)cc1. The van der Waals surface area contributed by atoms with Gasteiger partial charge in [-0.25, -0.2) is 9.50 Å². The quantitative estimate of drug-likeness (QED) is 0.279. The van der Waals surface area contributed by atoms with Gasteiger partial charge in [0.1, 0.15) is 5.03 Å². The van der Waals surface area contributed by atoms with Crippen molar-refractivity contribution in [3.05, 3.63) is 71.5 Å². The van der Waals surface area contributed by atoms with Crippen molar-refractivity contribution in [2.24, 2.45) is 0 Å². The van der Waals surface area contributed by atoms with E-state index in [1.807, 2.05) is 31.2 Å². The molecule has 34 heavy (non-hydrogen) atoms. The minimum absolute atomic E-state index is 0.0283. The first-order valence-corrected chi connectivity index (χ1v) is 12.1. The molecule has 7 nitrogen and oxygen atoms in total. The summed E-state index contributed by atoms with van der Waals surface area (Å²) in [5, 5.41) is 8.40. The summed E-state index contributed by atoms with van der Waals surface area (Å²) in [6, 6.07) is 16.0. The number of nitrogens with one attached hydrogen (secondary N) is 1. The van der Waals surface area contributed by atoms with Crippen LogP contribution in [0.5, 0.6) is 11.5 Å². The summed E-state index contributed by atoms with van der Waals surface area (Å²) in [5.41, 5.74) is 5.76. The van der Waals surface area contributed by atoms with E-state index in [1.165, 1.54) is 17.3 Å². The predicted molar refractivity (Wildman–Crippen MR) is 135 cm³/mol. The first-order chi connectivity index (χ1) is 16.5. The summed E-state index contributed by atoms with van der Waals surface area (Å²) in [4.78, 5) is 17.2. The Morgan fingerprint density at radius 3 is 2.47 bits per heavy atom. The number of carbonyl (C=O) groups is 1. The van der Waals surface area contributed by atoms with Crippen LogP contribution in [0.4, 0.5) is 0 Å². The third-order valence-electron chi connectivity index (χ3n) is 5.53. The monoisotopic (exact) mass is 476 g/mol. The summed E-state index contributed by atoms with van der Waals surface area (Å²) < 4.78 is 12.6. The standard InChI is InChI=1S/C26H28N4O3S/c1-5-18-6-8-19(9-7-18)14-27-24(31)16-34-25-12-17(2)29-26-21(15-28-30(25)26)20-10-11-22(32-3)23(13-20)33-4/h6-13,15H,5,14,16H2,1-4H3,(H,27,31). The van der Waals surface area contributed by atoms with Gasteiger partial charge in [0.05, 0.1) is 26.2 Å². The molecular formula is C26H28N4O3S. The number of ether oxygens (including phenoxy) is 2. The number of hydrogen-bond donors (Lipinski definition) is 1.